The van der Waals surface area contributed by atoms with Crippen molar-refractivity contribution in [2.24, 2.45) is 11.5 Å². The molecule has 3 aromatic rings. The van der Waals surface area contributed by atoms with Crippen LogP contribution in [-0.2, 0) is 6.54 Å². The van der Waals surface area contributed by atoms with Crippen LogP contribution in [0, 0.1) is 0 Å². The number of nitrogens with zero attached hydrogens (tertiary/aromatic N) is 3. The summed E-state index contributed by atoms with van der Waals surface area (Å²) in [5, 5.41) is 4.16. The number of hydrogen-bond acceptors (Lipinski definition) is 6. The van der Waals surface area contributed by atoms with Gasteiger partial charge in [-0.25, -0.2) is 9.97 Å². The molecule has 0 bridgehead atoms. The van der Waals surface area contributed by atoms with Gasteiger partial charge in [0, 0.05) is 42.3 Å². The Morgan fingerprint density at radius 3 is 2.70 bits per heavy atom. The molecule has 1 amide bonds. The SMILES string of the molecule is NCc1ccc(Nc2ncnc3cc(C(=O)N4CCC(N)C4)ccc23)cc1. The molecule has 7 nitrogen and oxygen atoms in total. The molecule has 138 valence electrons. The van der Waals surface area contributed by atoms with Gasteiger partial charge in [-0.15, -0.1) is 0 Å². The predicted octanol–water partition coefficient (Wildman–Crippen LogP) is 2.01. The highest BCUT2D eigenvalue weighted by Gasteiger charge is 2.24. The van der Waals surface area contributed by atoms with E-state index in [9.17, 15) is 4.79 Å². The number of hydrogen-bond donors (Lipinski definition) is 3. The molecule has 1 unspecified atom stereocenters. The predicted molar refractivity (Wildman–Crippen MR) is 106 cm³/mol. The fourth-order valence-electron chi connectivity index (χ4n) is 3.30. The van der Waals surface area contributed by atoms with E-state index in [1.54, 1.807) is 4.90 Å². The molecule has 1 saturated heterocycles. The van der Waals surface area contributed by atoms with Crippen LogP contribution in [0.25, 0.3) is 10.9 Å². The Labute approximate surface area is 157 Å². The van der Waals surface area contributed by atoms with E-state index < -0.39 is 0 Å². The minimum absolute atomic E-state index is 0.00431. The van der Waals surface area contributed by atoms with Crippen molar-refractivity contribution in [3.63, 3.8) is 0 Å². The maximum absolute atomic E-state index is 12.7. The first-order chi connectivity index (χ1) is 13.1. The van der Waals surface area contributed by atoms with Crippen LogP contribution < -0.4 is 16.8 Å². The molecule has 2 heterocycles. The molecule has 0 spiro atoms. The van der Waals surface area contributed by atoms with Gasteiger partial charge in [-0.3, -0.25) is 4.79 Å². The summed E-state index contributed by atoms with van der Waals surface area (Å²) in [5.41, 5.74) is 14.9. The maximum atomic E-state index is 12.7. The molecule has 1 aromatic heterocycles. The average Bonchev–Trinajstić information content (AvgIpc) is 3.14. The summed E-state index contributed by atoms with van der Waals surface area (Å²) in [7, 11) is 0. The second-order valence-electron chi connectivity index (χ2n) is 6.78. The Balaban J connectivity index is 1.60. The molecule has 7 heteroatoms. The lowest BCUT2D eigenvalue weighted by molar-refractivity contribution is 0.0791. The fraction of sp³-hybridized carbons (Fsp3) is 0.250. The fourth-order valence-corrected chi connectivity index (χ4v) is 3.30. The molecule has 2 aromatic carbocycles. The normalized spacial score (nSPS) is 16.7. The van der Waals surface area contributed by atoms with E-state index in [1.807, 2.05) is 42.5 Å². The van der Waals surface area contributed by atoms with E-state index in [0.29, 0.717) is 31.0 Å². The Morgan fingerprint density at radius 2 is 2.00 bits per heavy atom. The number of likely N-dealkylation sites (tertiary alicyclic amines) is 1. The van der Waals surface area contributed by atoms with Gasteiger partial charge in [-0.1, -0.05) is 12.1 Å². The van der Waals surface area contributed by atoms with Crippen molar-refractivity contribution in [1.82, 2.24) is 14.9 Å². The lowest BCUT2D eigenvalue weighted by Gasteiger charge is -2.16. The van der Waals surface area contributed by atoms with Gasteiger partial charge in [0.05, 0.1) is 5.52 Å². The summed E-state index contributed by atoms with van der Waals surface area (Å²) in [6.07, 6.45) is 2.34. The second-order valence-corrected chi connectivity index (χ2v) is 6.78. The van der Waals surface area contributed by atoms with Crippen LogP contribution in [0.2, 0.25) is 0 Å². The summed E-state index contributed by atoms with van der Waals surface area (Å²) in [5.74, 6) is 0.693. The first kappa shape index (κ1) is 17.4. The minimum Gasteiger partial charge on any atom is -0.340 e. The number of anilines is 2. The molecular formula is C20H22N6O. The summed E-state index contributed by atoms with van der Waals surface area (Å²) < 4.78 is 0. The van der Waals surface area contributed by atoms with E-state index in [4.69, 9.17) is 11.5 Å². The molecule has 1 atom stereocenters. The third-order valence-corrected chi connectivity index (χ3v) is 4.85. The van der Waals surface area contributed by atoms with Crippen molar-refractivity contribution in [2.75, 3.05) is 18.4 Å². The van der Waals surface area contributed by atoms with Gasteiger partial charge in [-0.2, -0.15) is 0 Å². The lowest BCUT2D eigenvalue weighted by atomic mass is 10.1. The van der Waals surface area contributed by atoms with Gasteiger partial charge in [0.25, 0.3) is 5.91 Å². The van der Waals surface area contributed by atoms with E-state index in [1.165, 1.54) is 6.33 Å². The number of fused-ring (bicyclic) bond motifs is 1. The zero-order valence-corrected chi connectivity index (χ0v) is 14.9. The third-order valence-electron chi connectivity index (χ3n) is 4.85. The number of nitrogens with one attached hydrogen (secondary N) is 1. The standard InChI is InChI=1S/C20H22N6O/c21-10-13-1-4-16(5-2-13)25-19-17-6-3-14(9-18(17)23-12-24-19)20(27)26-8-7-15(22)11-26/h1-6,9,12,15H,7-8,10-11,21-22H2,(H,23,24,25). The second kappa shape index (κ2) is 7.30. The van der Waals surface area contributed by atoms with Crippen LogP contribution in [-0.4, -0.2) is 39.9 Å². The monoisotopic (exact) mass is 362 g/mol. The van der Waals surface area contributed by atoms with Crippen molar-refractivity contribution in [2.45, 2.75) is 19.0 Å². The lowest BCUT2D eigenvalue weighted by Crippen LogP contribution is -2.31. The molecule has 0 saturated carbocycles. The largest absolute Gasteiger partial charge is 0.340 e. The van der Waals surface area contributed by atoms with Crippen LogP contribution in [0.4, 0.5) is 11.5 Å². The molecule has 1 aliphatic heterocycles. The molecular weight excluding hydrogens is 340 g/mol. The van der Waals surface area contributed by atoms with Crippen molar-refractivity contribution in [3.05, 3.63) is 59.9 Å². The van der Waals surface area contributed by atoms with E-state index >= 15 is 0 Å². The van der Waals surface area contributed by atoms with Crippen LogP contribution in [0.15, 0.2) is 48.8 Å². The molecule has 27 heavy (non-hydrogen) atoms. The third kappa shape index (κ3) is 3.60. The zero-order chi connectivity index (χ0) is 18.8. The van der Waals surface area contributed by atoms with E-state index in [0.717, 1.165) is 28.6 Å². The first-order valence-electron chi connectivity index (χ1n) is 8.99. The quantitative estimate of drug-likeness (QED) is 0.655. The number of aromatic nitrogens is 2. The highest BCUT2D eigenvalue weighted by molar-refractivity contribution is 6.00. The molecule has 4 rings (SSSR count). The number of nitrogens with two attached hydrogens (primary N) is 2. The number of rotatable bonds is 4. The van der Waals surface area contributed by atoms with Gasteiger partial charge < -0.3 is 21.7 Å². The summed E-state index contributed by atoms with van der Waals surface area (Å²) >= 11 is 0. The van der Waals surface area contributed by atoms with Gasteiger partial charge in [0.15, 0.2) is 0 Å². The molecule has 5 N–H and O–H groups in total. The Morgan fingerprint density at radius 1 is 1.19 bits per heavy atom. The summed E-state index contributed by atoms with van der Waals surface area (Å²) in [6.45, 7) is 1.81. The van der Waals surface area contributed by atoms with Crippen molar-refractivity contribution in [1.29, 1.82) is 0 Å². The van der Waals surface area contributed by atoms with Gasteiger partial charge in [0.1, 0.15) is 12.1 Å². The van der Waals surface area contributed by atoms with E-state index in [-0.39, 0.29) is 11.9 Å². The maximum Gasteiger partial charge on any atom is 0.253 e. The molecule has 1 aliphatic rings. The van der Waals surface area contributed by atoms with Gasteiger partial charge >= 0.3 is 0 Å². The minimum atomic E-state index is -0.00431. The number of amides is 1. The highest BCUT2D eigenvalue weighted by atomic mass is 16.2. The summed E-state index contributed by atoms with van der Waals surface area (Å²) in [4.78, 5) is 23.2. The Hall–Kier alpha value is -3.03. The smallest absolute Gasteiger partial charge is 0.253 e. The van der Waals surface area contributed by atoms with Crippen molar-refractivity contribution < 1.29 is 4.79 Å². The molecule has 0 radical (unpaired) electrons. The topological polar surface area (TPSA) is 110 Å². The van der Waals surface area contributed by atoms with Crippen LogP contribution in [0.5, 0.6) is 0 Å². The zero-order valence-electron chi connectivity index (χ0n) is 14.9. The summed E-state index contributed by atoms with van der Waals surface area (Å²) in [6, 6.07) is 13.5. The molecule has 0 aliphatic carbocycles. The van der Waals surface area contributed by atoms with E-state index in [2.05, 4.69) is 15.3 Å². The Bertz CT molecular complexity index is 972. The van der Waals surface area contributed by atoms with Crippen LogP contribution in [0.3, 0.4) is 0 Å². The molecule has 1 fully saturated rings. The van der Waals surface area contributed by atoms with Crippen LogP contribution in [0.1, 0.15) is 22.3 Å². The average molecular weight is 362 g/mol. The number of carbonyl (C=O) groups excluding carboxylic acids is 1. The van der Waals surface area contributed by atoms with Gasteiger partial charge in [0.2, 0.25) is 0 Å². The Kier molecular flexibility index (Phi) is 4.70. The van der Waals surface area contributed by atoms with Gasteiger partial charge in [-0.05, 0) is 42.3 Å². The number of carbonyl (C=O) groups is 1. The first-order valence-corrected chi connectivity index (χ1v) is 8.99. The van der Waals surface area contributed by atoms with Crippen molar-refractivity contribution in [3.8, 4) is 0 Å². The van der Waals surface area contributed by atoms with Crippen molar-refractivity contribution >= 4 is 28.3 Å². The highest BCUT2D eigenvalue weighted by Crippen LogP contribution is 2.25. The number of benzene rings is 2. The van der Waals surface area contributed by atoms with Crippen LogP contribution >= 0.6 is 0 Å².